The summed E-state index contributed by atoms with van der Waals surface area (Å²) >= 11 is 7.00. The molecule has 0 saturated heterocycles. The largest absolute Gasteiger partial charge is 1.00 e. The topological polar surface area (TPSA) is 103 Å². The molecule has 0 heterocycles. The van der Waals surface area contributed by atoms with Gasteiger partial charge >= 0.3 is 35.5 Å². The molecule has 0 aliphatic heterocycles. The number of carbonyl (C=O) groups excluding carboxylic acids is 1. The van der Waals surface area contributed by atoms with Gasteiger partial charge in [-0.25, -0.2) is 0 Å². The molecule has 5 nitrogen and oxygen atoms in total. The molecule has 72 valence electrons. The van der Waals surface area contributed by atoms with Crippen molar-refractivity contribution in [2.24, 2.45) is 5.73 Å². The first kappa shape index (κ1) is 19.2. The predicted molar refractivity (Wildman–Crippen MR) is 48.3 cm³/mol. The standard InChI is InChI=1S/C3H7NO2S.C2H4O2S.Na/c4-2(1-7)3(5)6;3-2(4)1-5;/h2,7H,1,4H2,(H,5,6);5H,1H2,(H,3,4);/q;;+1/p-1. The van der Waals surface area contributed by atoms with Crippen LogP contribution in [0.25, 0.3) is 0 Å². The molecule has 13 heavy (non-hydrogen) atoms. The van der Waals surface area contributed by atoms with Gasteiger partial charge in [-0.15, -0.1) is 0 Å². The summed E-state index contributed by atoms with van der Waals surface area (Å²) in [6.07, 6.45) is 0. The van der Waals surface area contributed by atoms with E-state index in [1.165, 1.54) is 0 Å². The minimum atomic E-state index is -1.13. The molecule has 0 aliphatic rings. The molecule has 0 saturated carbocycles. The van der Waals surface area contributed by atoms with Crippen molar-refractivity contribution in [1.82, 2.24) is 0 Å². The monoisotopic (exact) mass is 235 g/mol. The van der Waals surface area contributed by atoms with E-state index < -0.39 is 18.0 Å². The molecule has 8 heteroatoms. The van der Waals surface area contributed by atoms with Gasteiger partial charge in [-0.3, -0.25) is 4.79 Å². The predicted octanol–water partition coefficient (Wildman–Crippen LogP) is -5.00. The van der Waals surface area contributed by atoms with E-state index in [2.05, 4.69) is 25.3 Å². The van der Waals surface area contributed by atoms with Crippen molar-refractivity contribution >= 4 is 37.2 Å². The van der Waals surface area contributed by atoms with Crippen molar-refractivity contribution in [1.29, 1.82) is 0 Å². The maximum Gasteiger partial charge on any atom is 1.00 e. The number of carboxylic acid groups (broad SMARTS) is 2. The Kier molecular flexibility index (Phi) is 18.6. The first-order valence-corrected chi connectivity index (χ1v) is 4.12. The number of thiol groups is 2. The summed E-state index contributed by atoms with van der Waals surface area (Å²) < 4.78 is 0. The zero-order valence-corrected chi connectivity index (χ0v) is 10.9. The van der Waals surface area contributed by atoms with Gasteiger partial charge in [0.25, 0.3) is 0 Å². The fourth-order valence-electron chi connectivity index (χ4n) is 0.0781. The number of hydrogen-bond donors (Lipinski definition) is 4. The van der Waals surface area contributed by atoms with E-state index in [9.17, 15) is 14.7 Å². The van der Waals surface area contributed by atoms with Crippen molar-refractivity contribution in [3.05, 3.63) is 0 Å². The summed E-state index contributed by atoms with van der Waals surface area (Å²) in [5.41, 5.74) is 4.94. The number of rotatable bonds is 3. The number of nitrogens with two attached hydrogens (primary N) is 1. The van der Waals surface area contributed by atoms with Gasteiger partial charge in [0.05, 0.1) is 5.97 Å². The zero-order valence-electron chi connectivity index (χ0n) is 7.14. The van der Waals surface area contributed by atoms with E-state index in [4.69, 9.17) is 10.8 Å². The van der Waals surface area contributed by atoms with Crippen LogP contribution in [0, 0.1) is 0 Å². The summed E-state index contributed by atoms with van der Waals surface area (Å²) in [4.78, 5) is 18.9. The van der Waals surface area contributed by atoms with Gasteiger partial charge in [-0.05, 0) is 0 Å². The first-order chi connectivity index (χ1) is 5.45. The van der Waals surface area contributed by atoms with Gasteiger partial charge in [-0.2, -0.15) is 25.3 Å². The van der Waals surface area contributed by atoms with Crippen LogP contribution in [0.4, 0.5) is 0 Å². The molecule has 0 fully saturated rings. The van der Waals surface area contributed by atoms with Gasteiger partial charge in [0.15, 0.2) is 0 Å². The molecular formula is C5H10NNaO4S2. The molecule has 0 amide bonds. The van der Waals surface area contributed by atoms with E-state index in [1.54, 1.807) is 0 Å². The molecule has 1 atom stereocenters. The second-order valence-electron chi connectivity index (χ2n) is 1.66. The maximum absolute atomic E-state index is 9.76. The van der Waals surface area contributed by atoms with Crippen LogP contribution in [-0.2, 0) is 9.59 Å². The Hall–Kier alpha value is 0.600. The second-order valence-corrected chi connectivity index (χ2v) is 2.34. The average molecular weight is 235 g/mol. The normalized spacial score (nSPS) is 10.1. The molecule has 0 aromatic heterocycles. The van der Waals surface area contributed by atoms with Crippen LogP contribution >= 0.6 is 25.3 Å². The van der Waals surface area contributed by atoms with Gasteiger partial charge in [0.1, 0.15) is 6.04 Å². The van der Waals surface area contributed by atoms with Crippen LogP contribution in [0.2, 0.25) is 0 Å². The SMILES string of the molecule is NC(CS)C(=O)O.O=C([O-])CS.[Na+]. The fraction of sp³-hybridized carbons (Fsp3) is 0.600. The molecule has 0 bridgehead atoms. The number of aliphatic carboxylic acids is 2. The van der Waals surface area contributed by atoms with Crippen molar-refractivity contribution in [3.63, 3.8) is 0 Å². The third-order valence-electron chi connectivity index (χ3n) is 0.643. The van der Waals surface area contributed by atoms with Crippen molar-refractivity contribution in [2.45, 2.75) is 6.04 Å². The van der Waals surface area contributed by atoms with Crippen molar-refractivity contribution in [2.75, 3.05) is 11.5 Å². The van der Waals surface area contributed by atoms with E-state index in [0.717, 1.165) is 0 Å². The van der Waals surface area contributed by atoms with Crippen LogP contribution < -0.4 is 40.4 Å². The fourth-order valence-corrected chi connectivity index (χ4v) is 0.234. The Balaban J connectivity index is -0.000000150. The van der Waals surface area contributed by atoms with Gasteiger partial charge in [-0.1, -0.05) is 0 Å². The number of carboxylic acids is 2. The van der Waals surface area contributed by atoms with E-state index in [1.807, 2.05) is 0 Å². The molecule has 3 N–H and O–H groups in total. The Morgan fingerprint density at radius 1 is 1.46 bits per heavy atom. The Bertz CT molecular complexity index is 157. The molecule has 0 rings (SSSR count). The molecule has 0 aliphatic carbocycles. The number of hydrogen-bond acceptors (Lipinski definition) is 6. The molecule has 0 spiro atoms. The quantitative estimate of drug-likeness (QED) is 0.290. The minimum absolute atomic E-state index is 0. The summed E-state index contributed by atoms with van der Waals surface area (Å²) in [5, 5.41) is 17.2. The summed E-state index contributed by atoms with van der Waals surface area (Å²) in [6.45, 7) is 0. The Labute approximate surface area is 109 Å². The number of carbonyl (C=O) groups is 2. The third-order valence-corrected chi connectivity index (χ3v) is 1.29. The van der Waals surface area contributed by atoms with E-state index in [0.29, 0.717) is 0 Å². The van der Waals surface area contributed by atoms with Crippen molar-refractivity contribution in [3.8, 4) is 0 Å². The molecule has 1 unspecified atom stereocenters. The van der Waals surface area contributed by atoms with Crippen LogP contribution in [-0.4, -0.2) is 34.6 Å². The smallest absolute Gasteiger partial charge is 0.549 e. The summed E-state index contributed by atoms with van der Waals surface area (Å²) in [7, 11) is 0. The van der Waals surface area contributed by atoms with Crippen LogP contribution in [0.15, 0.2) is 0 Å². The van der Waals surface area contributed by atoms with Gasteiger partial charge in [0.2, 0.25) is 0 Å². The van der Waals surface area contributed by atoms with Crippen LogP contribution in [0.1, 0.15) is 0 Å². The molecule has 0 aromatic rings. The first-order valence-electron chi connectivity index (χ1n) is 2.85. The van der Waals surface area contributed by atoms with Gasteiger partial charge < -0.3 is 20.7 Å². The zero-order chi connectivity index (χ0) is 10.1. The minimum Gasteiger partial charge on any atom is -0.549 e. The van der Waals surface area contributed by atoms with Crippen LogP contribution in [0.5, 0.6) is 0 Å². The van der Waals surface area contributed by atoms with E-state index >= 15 is 0 Å². The Morgan fingerprint density at radius 3 is 1.77 bits per heavy atom. The Morgan fingerprint density at radius 2 is 1.77 bits per heavy atom. The molecular weight excluding hydrogens is 225 g/mol. The van der Waals surface area contributed by atoms with Crippen LogP contribution in [0.3, 0.4) is 0 Å². The summed E-state index contributed by atoms with van der Waals surface area (Å²) in [5.74, 6) is -2.14. The van der Waals surface area contributed by atoms with Gasteiger partial charge in [0, 0.05) is 11.5 Å². The van der Waals surface area contributed by atoms with Crippen molar-refractivity contribution < 1.29 is 49.4 Å². The molecule has 0 aromatic carbocycles. The molecule has 0 radical (unpaired) electrons. The maximum atomic E-state index is 9.76. The second kappa shape index (κ2) is 12.6. The third kappa shape index (κ3) is 19.1. The van der Waals surface area contributed by atoms with E-state index in [-0.39, 0.29) is 41.1 Å². The average Bonchev–Trinajstić information content (AvgIpc) is 2.04. The summed E-state index contributed by atoms with van der Waals surface area (Å²) in [6, 6.07) is -0.816.